The number of hydrogen-bond acceptors (Lipinski definition) is 6. The second-order valence-corrected chi connectivity index (χ2v) is 8.88. The van der Waals surface area contributed by atoms with Crippen LogP contribution in [0.5, 0.6) is 11.5 Å². The van der Waals surface area contributed by atoms with Crippen molar-refractivity contribution in [1.29, 1.82) is 0 Å². The van der Waals surface area contributed by atoms with Crippen molar-refractivity contribution >= 4 is 27.4 Å². The quantitative estimate of drug-likeness (QED) is 0.588. The fourth-order valence-corrected chi connectivity index (χ4v) is 4.86. The topological polar surface area (TPSA) is 98.8 Å². The van der Waals surface area contributed by atoms with Gasteiger partial charge in [-0.1, -0.05) is 0 Å². The first-order chi connectivity index (χ1) is 13.3. The van der Waals surface area contributed by atoms with E-state index in [4.69, 9.17) is 9.47 Å². The number of hydrogen-bond donors (Lipinski definition) is 1. The SMILES string of the molecule is COc1ccc(NC(=O)c2ccc(OC(=O)C[C@H]3CCS(=O)(=O)C3)cc2)cc1. The van der Waals surface area contributed by atoms with Crippen molar-refractivity contribution in [3.63, 3.8) is 0 Å². The second-order valence-electron chi connectivity index (χ2n) is 6.65. The first-order valence-electron chi connectivity index (χ1n) is 8.81. The van der Waals surface area contributed by atoms with Gasteiger partial charge in [-0.05, 0) is 60.9 Å². The molecule has 0 unspecified atom stereocenters. The molecule has 2 aromatic rings. The van der Waals surface area contributed by atoms with E-state index in [2.05, 4.69) is 5.32 Å². The molecule has 1 fully saturated rings. The van der Waals surface area contributed by atoms with Crippen molar-refractivity contribution in [2.75, 3.05) is 23.9 Å². The first-order valence-corrected chi connectivity index (χ1v) is 10.6. The van der Waals surface area contributed by atoms with E-state index in [1.807, 2.05) is 0 Å². The van der Waals surface area contributed by atoms with E-state index in [-0.39, 0.29) is 29.8 Å². The minimum absolute atomic E-state index is 0.0343. The van der Waals surface area contributed by atoms with Crippen molar-refractivity contribution in [3.8, 4) is 11.5 Å². The van der Waals surface area contributed by atoms with Crippen LogP contribution >= 0.6 is 0 Å². The molecule has 0 bridgehead atoms. The molecule has 0 spiro atoms. The largest absolute Gasteiger partial charge is 0.497 e. The van der Waals surface area contributed by atoms with Crippen molar-refractivity contribution in [2.45, 2.75) is 12.8 Å². The number of nitrogens with one attached hydrogen (secondary N) is 1. The summed E-state index contributed by atoms with van der Waals surface area (Å²) in [6.45, 7) is 0. The normalized spacial score (nSPS) is 17.7. The summed E-state index contributed by atoms with van der Waals surface area (Å²) in [6.07, 6.45) is 0.556. The molecule has 1 N–H and O–H groups in total. The van der Waals surface area contributed by atoms with Crippen LogP contribution in [0.25, 0.3) is 0 Å². The fraction of sp³-hybridized carbons (Fsp3) is 0.300. The highest BCUT2D eigenvalue weighted by Crippen LogP contribution is 2.23. The molecule has 1 saturated heterocycles. The Bertz CT molecular complexity index is 951. The minimum atomic E-state index is -3.02. The van der Waals surface area contributed by atoms with Crippen LogP contribution in [-0.4, -0.2) is 38.9 Å². The number of amides is 1. The van der Waals surface area contributed by atoms with Gasteiger partial charge in [0, 0.05) is 17.7 Å². The van der Waals surface area contributed by atoms with Gasteiger partial charge in [0.1, 0.15) is 11.5 Å². The molecule has 1 amide bonds. The molecule has 7 nitrogen and oxygen atoms in total. The van der Waals surface area contributed by atoms with Crippen LogP contribution in [0.4, 0.5) is 5.69 Å². The number of rotatable bonds is 6. The molecule has 1 heterocycles. The molecule has 0 aromatic heterocycles. The van der Waals surface area contributed by atoms with E-state index in [0.29, 0.717) is 29.2 Å². The van der Waals surface area contributed by atoms with Crippen molar-refractivity contribution < 1.29 is 27.5 Å². The van der Waals surface area contributed by atoms with Gasteiger partial charge in [-0.25, -0.2) is 8.42 Å². The molecule has 28 heavy (non-hydrogen) atoms. The standard InChI is InChI=1S/C20H21NO6S/c1-26-17-8-4-16(5-9-17)21-20(23)15-2-6-18(7-3-15)27-19(22)12-14-10-11-28(24,25)13-14/h2-9,14H,10-13H2,1H3,(H,21,23)/t14-/m1/s1. The molecule has 1 aliphatic heterocycles. The number of carbonyl (C=O) groups excluding carboxylic acids is 2. The van der Waals surface area contributed by atoms with Crippen LogP contribution < -0.4 is 14.8 Å². The number of carbonyl (C=O) groups is 2. The summed E-state index contributed by atoms with van der Waals surface area (Å²) < 4.78 is 33.2. The van der Waals surface area contributed by atoms with Crippen LogP contribution in [0, 0.1) is 5.92 Å². The van der Waals surface area contributed by atoms with Crippen LogP contribution in [0.15, 0.2) is 48.5 Å². The summed E-state index contributed by atoms with van der Waals surface area (Å²) in [5, 5.41) is 2.77. The van der Waals surface area contributed by atoms with Crippen molar-refractivity contribution in [2.24, 2.45) is 5.92 Å². The zero-order chi connectivity index (χ0) is 20.1. The molecular weight excluding hydrogens is 382 g/mol. The molecule has 1 atom stereocenters. The molecule has 2 aromatic carbocycles. The Morgan fingerprint density at radius 1 is 1.04 bits per heavy atom. The Hall–Kier alpha value is -2.87. The van der Waals surface area contributed by atoms with Gasteiger partial charge in [0.15, 0.2) is 9.84 Å². The Labute approximate surface area is 163 Å². The Morgan fingerprint density at radius 3 is 2.25 bits per heavy atom. The Morgan fingerprint density at radius 2 is 1.68 bits per heavy atom. The summed E-state index contributed by atoms with van der Waals surface area (Å²) in [4.78, 5) is 24.3. The lowest BCUT2D eigenvalue weighted by Crippen LogP contribution is -2.15. The van der Waals surface area contributed by atoms with Crippen LogP contribution in [0.2, 0.25) is 0 Å². The highest BCUT2D eigenvalue weighted by molar-refractivity contribution is 7.91. The number of sulfone groups is 1. The van der Waals surface area contributed by atoms with Crippen LogP contribution in [0.3, 0.4) is 0 Å². The smallest absolute Gasteiger partial charge is 0.311 e. The maximum Gasteiger partial charge on any atom is 0.311 e. The molecule has 3 rings (SSSR count). The van der Waals surface area contributed by atoms with E-state index in [0.717, 1.165) is 0 Å². The lowest BCUT2D eigenvalue weighted by molar-refractivity contribution is -0.135. The zero-order valence-corrected chi connectivity index (χ0v) is 16.2. The lowest BCUT2D eigenvalue weighted by Gasteiger charge is -2.09. The molecular formula is C20H21NO6S. The number of anilines is 1. The average molecular weight is 403 g/mol. The van der Waals surface area contributed by atoms with E-state index in [1.54, 1.807) is 43.5 Å². The van der Waals surface area contributed by atoms with Gasteiger partial charge < -0.3 is 14.8 Å². The van der Waals surface area contributed by atoms with Gasteiger partial charge in [-0.15, -0.1) is 0 Å². The molecule has 0 radical (unpaired) electrons. The van der Waals surface area contributed by atoms with Gasteiger partial charge in [-0.2, -0.15) is 0 Å². The molecule has 0 saturated carbocycles. The number of ether oxygens (including phenoxy) is 2. The highest BCUT2D eigenvalue weighted by Gasteiger charge is 2.30. The number of esters is 1. The number of benzene rings is 2. The highest BCUT2D eigenvalue weighted by atomic mass is 32.2. The molecule has 1 aliphatic rings. The third-order valence-electron chi connectivity index (χ3n) is 4.48. The second kappa shape index (κ2) is 8.43. The van der Waals surface area contributed by atoms with Crippen molar-refractivity contribution in [1.82, 2.24) is 0 Å². The summed E-state index contributed by atoms with van der Waals surface area (Å²) in [5.41, 5.74) is 1.05. The van der Waals surface area contributed by atoms with E-state index in [1.165, 1.54) is 12.1 Å². The number of methoxy groups -OCH3 is 1. The minimum Gasteiger partial charge on any atom is -0.497 e. The zero-order valence-electron chi connectivity index (χ0n) is 15.4. The average Bonchev–Trinajstić information content (AvgIpc) is 3.01. The maximum atomic E-state index is 12.3. The van der Waals surface area contributed by atoms with E-state index in [9.17, 15) is 18.0 Å². The van der Waals surface area contributed by atoms with Gasteiger partial charge >= 0.3 is 5.97 Å². The van der Waals surface area contributed by atoms with Gasteiger partial charge in [0.2, 0.25) is 0 Å². The van der Waals surface area contributed by atoms with E-state index < -0.39 is 15.8 Å². The molecule has 8 heteroatoms. The van der Waals surface area contributed by atoms with Gasteiger partial charge in [0.05, 0.1) is 18.6 Å². The molecule has 148 valence electrons. The maximum absolute atomic E-state index is 12.3. The van der Waals surface area contributed by atoms with Crippen LogP contribution in [0.1, 0.15) is 23.2 Å². The summed E-state index contributed by atoms with van der Waals surface area (Å²) in [5.74, 6) is 0.213. The monoisotopic (exact) mass is 403 g/mol. The fourth-order valence-electron chi connectivity index (χ4n) is 2.99. The van der Waals surface area contributed by atoms with Gasteiger partial charge in [-0.3, -0.25) is 9.59 Å². The summed E-state index contributed by atoms with van der Waals surface area (Å²) in [7, 11) is -1.45. The van der Waals surface area contributed by atoms with Crippen LogP contribution in [-0.2, 0) is 14.6 Å². The Kier molecular flexibility index (Phi) is 5.99. The predicted molar refractivity (Wildman–Crippen MR) is 104 cm³/mol. The lowest BCUT2D eigenvalue weighted by atomic mass is 10.1. The van der Waals surface area contributed by atoms with E-state index >= 15 is 0 Å². The third-order valence-corrected chi connectivity index (χ3v) is 6.32. The predicted octanol–water partition coefficient (Wildman–Crippen LogP) is 2.68. The summed E-state index contributed by atoms with van der Waals surface area (Å²) >= 11 is 0. The van der Waals surface area contributed by atoms with Gasteiger partial charge in [0.25, 0.3) is 5.91 Å². The van der Waals surface area contributed by atoms with Crippen molar-refractivity contribution in [3.05, 3.63) is 54.1 Å². The molecule has 0 aliphatic carbocycles. The Balaban J connectivity index is 1.53. The third kappa shape index (κ3) is 5.32. The summed E-state index contributed by atoms with van der Waals surface area (Å²) in [6, 6.07) is 13.1. The first kappa shape index (κ1) is 19.9.